The van der Waals surface area contributed by atoms with Gasteiger partial charge in [0, 0.05) is 56.5 Å². The van der Waals surface area contributed by atoms with Gasteiger partial charge in [-0.25, -0.2) is 0 Å². The van der Waals surface area contributed by atoms with Crippen molar-refractivity contribution in [2.24, 2.45) is 23.2 Å². The van der Waals surface area contributed by atoms with Crippen molar-refractivity contribution in [3.63, 3.8) is 0 Å². The van der Waals surface area contributed by atoms with Gasteiger partial charge in [-0.05, 0) is 44.4 Å². The molecule has 5 nitrogen and oxygen atoms in total. The minimum Gasteiger partial charge on any atom is -0.342 e. The molecule has 0 aromatic heterocycles. The highest BCUT2D eigenvalue weighted by molar-refractivity contribution is 5.81. The average molecular weight is 416 g/mol. The number of carbonyl (C=O) groups excluding carboxylic acids is 2. The minimum atomic E-state index is -0.294. The smallest absolute Gasteiger partial charge is 0.227 e. The molecule has 3 rings (SSSR count). The summed E-state index contributed by atoms with van der Waals surface area (Å²) in [5, 5.41) is 0. The molecule has 2 amide bonds. The van der Waals surface area contributed by atoms with E-state index in [9.17, 15) is 9.59 Å². The van der Waals surface area contributed by atoms with Gasteiger partial charge in [0.2, 0.25) is 11.8 Å². The SMILES string of the molecule is CC1CCC(C(=O)N2CCN(CC#CC3CCN(C(=O)C(C)(C)C)CC3)CC2)CC1. The van der Waals surface area contributed by atoms with E-state index in [1.165, 1.54) is 12.8 Å². The molecule has 0 spiro atoms. The third-order valence-electron chi connectivity index (χ3n) is 7.08. The fraction of sp³-hybridized carbons (Fsp3) is 0.840. The maximum atomic E-state index is 12.8. The van der Waals surface area contributed by atoms with Crippen molar-refractivity contribution in [3.05, 3.63) is 0 Å². The summed E-state index contributed by atoms with van der Waals surface area (Å²) in [4.78, 5) is 31.6. The van der Waals surface area contributed by atoms with Crippen molar-refractivity contribution in [1.82, 2.24) is 14.7 Å². The lowest BCUT2D eigenvalue weighted by atomic mass is 9.82. The number of piperidine rings is 1. The van der Waals surface area contributed by atoms with Crippen LogP contribution in [0.4, 0.5) is 0 Å². The summed E-state index contributed by atoms with van der Waals surface area (Å²) in [5.41, 5.74) is -0.294. The summed E-state index contributed by atoms with van der Waals surface area (Å²) in [6.07, 6.45) is 6.52. The zero-order valence-electron chi connectivity index (χ0n) is 19.6. The molecule has 30 heavy (non-hydrogen) atoms. The van der Waals surface area contributed by atoms with Crippen LogP contribution in [-0.2, 0) is 9.59 Å². The first-order valence-corrected chi connectivity index (χ1v) is 12.0. The topological polar surface area (TPSA) is 43.9 Å². The third-order valence-corrected chi connectivity index (χ3v) is 7.08. The van der Waals surface area contributed by atoms with Crippen molar-refractivity contribution in [2.45, 2.75) is 66.2 Å². The first kappa shape index (κ1) is 23.1. The molecule has 0 radical (unpaired) electrons. The molecular formula is C25H41N3O2. The van der Waals surface area contributed by atoms with Gasteiger partial charge in [-0.3, -0.25) is 14.5 Å². The zero-order chi connectivity index (χ0) is 21.7. The van der Waals surface area contributed by atoms with Crippen LogP contribution in [0.25, 0.3) is 0 Å². The van der Waals surface area contributed by atoms with Gasteiger partial charge in [0.05, 0.1) is 6.54 Å². The molecule has 0 atom stereocenters. The molecule has 168 valence electrons. The van der Waals surface area contributed by atoms with Crippen LogP contribution in [0.15, 0.2) is 0 Å². The molecular weight excluding hydrogens is 374 g/mol. The summed E-state index contributed by atoms with van der Waals surface area (Å²) in [5.74, 6) is 8.94. The van der Waals surface area contributed by atoms with Gasteiger partial charge in [-0.1, -0.05) is 39.5 Å². The van der Waals surface area contributed by atoms with Crippen LogP contribution >= 0.6 is 0 Å². The van der Waals surface area contributed by atoms with Crippen LogP contribution < -0.4 is 0 Å². The van der Waals surface area contributed by atoms with E-state index in [0.717, 1.165) is 77.4 Å². The third kappa shape index (κ3) is 6.23. The van der Waals surface area contributed by atoms with Crippen LogP contribution in [-0.4, -0.2) is 72.3 Å². The summed E-state index contributed by atoms with van der Waals surface area (Å²) in [7, 11) is 0. The predicted octanol–water partition coefficient (Wildman–Crippen LogP) is 3.25. The Kier molecular flexibility index (Phi) is 7.85. The van der Waals surface area contributed by atoms with Crippen LogP contribution in [0, 0.1) is 35.0 Å². The predicted molar refractivity (Wildman–Crippen MR) is 121 cm³/mol. The Labute approximate surface area is 183 Å². The van der Waals surface area contributed by atoms with Gasteiger partial charge in [0.1, 0.15) is 0 Å². The van der Waals surface area contributed by atoms with E-state index in [-0.39, 0.29) is 17.2 Å². The molecule has 0 aromatic carbocycles. The second kappa shape index (κ2) is 10.2. The zero-order valence-corrected chi connectivity index (χ0v) is 19.6. The van der Waals surface area contributed by atoms with E-state index in [4.69, 9.17) is 0 Å². The average Bonchev–Trinajstić information content (AvgIpc) is 2.74. The molecule has 3 fully saturated rings. The number of piperazine rings is 1. The highest BCUT2D eigenvalue weighted by atomic mass is 16.2. The second-order valence-corrected chi connectivity index (χ2v) is 10.7. The number of hydrogen-bond donors (Lipinski definition) is 0. The van der Waals surface area contributed by atoms with E-state index in [1.807, 2.05) is 25.7 Å². The maximum absolute atomic E-state index is 12.8. The quantitative estimate of drug-likeness (QED) is 0.651. The maximum Gasteiger partial charge on any atom is 0.227 e. The lowest BCUT2D eigenvalue weighted by Gasteiger charge is -2.37. The Hall–Kier alpha value is -1.54. The van der Waals surface area contributed by atoms with Gasteiger partial charge in [0.15, 0.2) is 0 Å². The lowest BCUT2D eigenvalue weighted by molar-refractivity contribution is -0.140. The summed E-state index contributed by atoms with van der Waals surface area (Å²) >= 11 is 0. The Morgan fingerprint density at radius 3 is 2.00 bits per heavy atom. The van der Waals surface area contributed by atoms with Crippen LogP contribution in [0.3, 0.4) is 0 Å². The first-order chi connectivity index (χ1) is 14.2. The number of amides is 2. The molecule has 2 heterocycles. The van der Waals surface area contributed by atoms with E-state index in [1.54, 1.807) is 0 Å². The second-order valence-electron chi connectivity index (χ2n) is 10.7. The monoisotopic (exact) mass is 415 g/mol. The highest BCUT2D eigenvalue weighted by Gasteiger charge is 2.31. The standard InChI is InChI=1S/C25H41N3O2/c1-20-7-9-22(10-8-20)23(29)27-18-16-26(17-19-27)13-5-6-21-11-14-28(15-12-21)24(30)25(2,3)4/h20-22H,7-19H2,1-4H3. The van der Waals surface area contributed by atoms with Crippen molar-refractivity contribution < 1.29 is 9.59 Å². The van der Waals surface area contributed by atoms with E-state index in [0.29, 0.717) is 11.8 Å². The summed E-state index contributed by atoms with van der Waals surface area (Å²) < 4.78 is 0. The Morgan fingerprint density at radius 2 is 1.43 bits per heavy atom. The molecule has 2 aliphatic heterocycles. The molecule has 1 aliphatic carbocycles. The largest absolute Gasteiger partial charge is 0.342 e. The fourth-order valence-electron chi connectivity index (χ4n) is 4.89. The number of nitrogens with zero attached hydrogens (tertiary/aromatic N) is 3. The molecule has 0 N–H and O–H groups in total. The summed E-state index contributed by atoms with van der Waals surface area (Å²) in [6.45, 7) is 14.3. The normalized spacial score (nSPS) is 26.8. The van der Waals surface area contributed by atoms with Gasteiger partial charge in [0.25, 0.3) is 0 Å². The molecule has 5 heteroatoms. The molecule has 0 bridgehead atoms. The van der Waals surface area contributed by atoms with Crippen LogP contribution in [0.2, 0.25) is 0 Å². The van der Waals surface area contributed by atoms with E-state index in [2.05, 4.69) is 28.6 Å². The molecule has 0 aromatic rings. The number of hydrogen-bond acceptors (Lipinski definition) is 3. The van der Waals surface area contributed by atoms with Crippen molar-refractivity contribution >= 4 is 11.8 Å². The number of rotatable bonds is 2. The Bertz CT molecular complexity index is 648. The molecule has 0 unspecified atom stereocenters. The summed E-state index contributed by atoms with van der Waals surface area (Å²) in [6, 6.07) is 0. The number of likely N-dealkylation sites (tertiary alicyclic amines) is 1. The highest BCUT2D eigenvalue weighted by Crippen LogP contribution is 2.30. The number of carbonyl (C=O) groups is 2. The minimum absolute atomic E-state index is 0.254. The molecule has 2 saturated heterocycles. The van der Waals surface area contributed by atoms with Crippen LogP contribution in [0.1, 0.15) is 66.2 Å². The molecule has 3 aliphatic rings. The van der Waals surface area contributed by atoms with E-state index < -0.39 is 0 Å². The van der Waals surface area contributed by atoms with Gasteiger partial charge < -0.3 is 9.80 Å². The van der Waals surface area contributed by atoms with Crippen molar-refractivity contribution in [2.75, 3.05) is 45.8 Å². The molecule has 1 saturated carbocycles. The fourth-order valence-corrected chi connectivity index (χ4v) is 4.89. The first-order valence-electron chi connectivity index (χ1n) is 12.0. The van der Waals surface area contributed by atoms with Crippen LogP contribution in [0.5, 0.6) is 0 Å². The Balaban J connectivity index is 1.35. The van der Waals surface area contributed by atoms with Gasteiger partial charge in [-0.2, -0.15) is 0 Å². The van der Waals surface area contributed by atoms with Crippen molar-refractivity contribution in [3.8, 4) is 11.8 Å². The Morgan fingerprint density at radius 1 is 0.833 bits per heavy atom. The van der Waals surface area contributed by atoms with Gasteiger partial charge >= 0.3 is 0 Å². The lowest BCUT2D eigenvalue weighted by Crippen LogP contribution is -2.50. The van der Waals surface area contributed by atoms with Gasteiger partial charge in [-0.15, -0.1) is 0 Å². The van der Waals surface area contributed by atoms with Crippen molar-refractivity contribution in [1.29, 1.82) is 0 Å². The van der Waals surface area contributed by atoms with E-state index >= 15 is 0 Å².